The normalized spacial score (nSPS) is 12.1. The number of alkyl halides is 1. The molecule has 0 aliphatic carbocycles. The Morgan fingerprint density at radius 3 is 1.81 bits per heavy atom. The number of halogens is 1. The van der Waals surface area contributed by atoms with Gasteiger partial charge in [0.15, 0.2) is 6.17 Å². The summed E-state index contributed by atoms with van der Waals surface area (Å²) in [7, 11) is 0. The van der Waals surface area contributed by atoms with Crippen LogP contribution < -0.4 is 0 Å². The summed E-state index contributed by atoms with van der Waals surface area (Å²) in [4.78, 5) is 16.6. The second-order valence-corrected chi connectivity index (χ2v) is 4.80. The SMILES string of the molecule is CC(F)C(=O)ON(Cc1ccccc1)Cc1ccccc1. The van der Waals surface area contributed by atoms with Crippen LogP contribution >= 0.6 is 0 Å². The van der Waals surface area contributed by atoms with E-state index in [4.69, 9.17) is 4.84 Å². The molecule has 0 aliphatic rings. The van der Waals surface area contributed by atoms with Crippen molar-refractivity contribution in [1.82, 2.24) is 5.06 Å². The Balaban J connectivity index is 2.08. The molecule has 1 atom stereocenters. The minimum Gasteiger partial charge on any atom is -0.365 e. The van der Waals surface area contributed by atoms with Crippen molar-refractivity contribution >= 4 is 5.97 Å². The quantitative estimate of drug-likeness (QED) is 0.762. The van der Waals surface area contributed by atoms with E-state index in [2.05, 4.69) is 0 Å². The molecule has 0 saturated carbocycles. The van der Waals surface area contributed by atoms with Gasteiger partial charge in [-0.15, -0.1) is 5.06 Å². The van der Waals surface area contributed by atoms with E-state index >= 15 is 0 Å². The molecule has 0 aliphatic heterocycles. The fraction of sp³-hybridized carbons (Fsp3) is 0.235. The van der Waals surface area contributed by atoms with Crippen LogP contribution in [0.5, 0.6) is 0 Å². The highest BCUT2D eigenvalue weighted by atomic mass is 19.1. The van der Waals surface area contributed by atoms with Crippen LogP contribution in [0.15, 0.2) is 60.7 Å². The van der Waals surface area contributed by atoms with E-state index in [0.717, 1.165) is 11.1 Å². The van der Waals surface area contributed by atoms with E-state index in [-0.39, 0.29) is 0 Å². The average Bonchev–Trinajstić information content (AvgIpc) is 2.49. The monoisotopic (exact) mass is 287 g/mol. The molecule has 0 aromatic heterocycles. The lowest BCUT2D eigenvalue weighted by atomic mass is 10.2. The maximum atomic E-state index is 13.0. The lowest BCUT2D eigenvalue weighted by molar-refractivity contribution is -0.202. The molecular formula is C17H18FNO2. The summed E-state index contributed by atoms with van der Waals surface area (Å²) in [6, 6.07) is 19.2. The van der Waals surface area contributed by atoms with Gasteiger partial charge in [-0.25, -0.2) is 9.18 Å². The zero-order chi connectivity index (χ0) is 15.1. The Kier molecular flexibility index (Phi) is 5.46. The number of hydrogen-bond acceptors (Lipinski definition) is 3. The van der Waals surface area contributed by atoms with Gasteiger partial charge >= 0.3 is 5.97 Å². The Morgan fingerprint density at radius 1 is 1.00 bits per heavy atom. The second kappa shape index (κ2) is 7.55. The van der Waals surface area contributed by atoms with E-state index in [0.29, 0.717) is 13.1 Å². The van der Waals surface area contributed by atoms with Crippen LogP contribution in [0.3, 0.4) is 0 Å². The van der Waals surface area contributed by atoms with Gasteiger partial charge < -0.3 is 4.84 Å². The second-order valence-electron chi connectivity index (χ2n) is 4.80. The number of rotatable bonds is 6. The maximum absolute atomic E-state index is 13.0. The molecule has 0 fully saturated rings. The number of benzene rings is 2. The van der Waals surface area contributed by atoms with Crippen LogP contribution in [0.1, 0.15) is 18.1 Å². The Morgan fingerprint density at radius 2 is 1.43 bits per heavy atom. The van der Waals surface area contributed by atoms with Crippen molar-refractivity contribution in [2.45, 2.75) is 26.2 Å². The molecular weight excluding hydrogens is 269 g/mol. The van der Waals surface area contributed by atoms with Crippen LogP contribution in [-0.2, 0) is 22.7 Å². The summed E-state index contributed by atoms with van der Waals surface area (Å²) < 4.78 is 13.0. The zero-order valence-electron chi connectivity index (χ0n) is 11.9. The van der Waals surface area contributed by atoms with Gasteiger partial charge in [-0.2, -0.15) is 0 Å². The van der Waals surface area contributed by atoms with Crippen molar-refractivity contribution in [2.24, 2.45) is 0 Å². The minimum absolute atomic E-state index is 0.411. The molecule has 1 unspecified atom stereocenters. The van der Waals surface area contributed by atoms with Crippen molar-refractivity contribution < 1.29 is 14.0 Å². The molecule has 0 amide bonds. The summed E-state index contributed by atoms with van der Waals surface area (Å²) in [5.41, 5.74) is 1.99. The highest BCUT2D eigenvalue weighted by molar-refractivity contribution is 5.73. The standard InChI is InChI=1S/C17H18FNO2/c1-14(18)17(20)21-19(12-15-8-4-2-5-9-15)13-16-10-6-3-7-11-16/h2-11,14H,12-13H2,1H3. The summed E-state index contributed by atoms with van der Waals surface area (Å²) in [6.07, 6.45) is -1.64. The van der Waals surface area contributed by atoms with Gasteiger partial charge in [0.2, 0.25) is 0 Å². The molecule has 0 N–H and O–H groups in total. The Hall–Kier alpha value is -2.20. The molecule has 2 aromatic carbocycles. The third kappa shape index (κ3) is 5.00. The van der Waals surface area contributed by atoms with E-state index in [1.54, 1.807) is 0 Å². The van der Waals surface area contributed by atoms with Gasteiger partial charge in [0, 0.05) is 0 Å². The largest absolute Gasteiger partial charge is 0.365 e. The van der Waals surface area contributed by atoms with Crippen LogP contribution in [0, 0.1) is 0 Å². The molecule has 0 saturated heterocycles. The first-order valence-corrected chi connectivity index (χ1v) is 6.84. The van der Waals surface area contributed by atoms with E-state index in [1.807, 2.05) is 60.7 Å². The van der Waals surface area contributed by atoms with Gasteiger partial charge in [-0.1, -0.05) is 60.7 Å². The third-order valence-corrected chi connectivity index (χ3v) is 2.95. The lowest BCUT2D eigenvalue weighted by Gasteiger charge is -2.21. The predicted molar refractivity (Wildman–Crippen MR) is 78.8 cm³/mol. The van der Waals surface area contributed by atoms with Crippen LogP contribution in [0.4, 0.5) is 4.39 Å². The number of nitrogens with zero attached hydrogens (tertiary/aromatic N) is 1. The average molecular weight is 287 g/mol. The van der Waals surface area contributed by atoms with E-state index in [9.17, 15) is 9.18 Å². The molecule has 0 heterocycles. The fourth-order valence-corrected chi connectivity index (χ4v) is 1.89. The first kappa shape index (κ1) is 15.2. The third-order valence-electron chi connectivity index (χ3n) is 2.95. The van der Waals surface area contributed by atoms with Gasteiger partial charge in [0.05, 0.1) is 13.1 Å². The van der Waals surface area contributed by atoms with Gasteiger partial charge in [-0.3, -0.25) is 0 Å². The van der Waals surface area contributed by atoms with Gasteiger partial charge in [0.25, 0.3) is 0 Å². The molecule has 21 heavy (non-hydrogen) atoms. The van der Waals surface area contributed by atoms with Crippen molar-refractivity contribution in [3.05, 3.63) is 71.8 Å². The summed E-state index contributed by atoms with van der Waals surface area (Å²) >= 11 is 0. The Labute approximate surface area is 123 Å². The number of carbonyl (C=O) groups excluding carboxylic acids is 1. The predicted octanol–water partition coefficient (Wildman–Crippen LogP) is 3.51. The molecule has 0 bridgehead atoms. The molecule has 2 aromatic rings. The van der Waals surface area contributed by atoms with Crippen molar-refractivity contribution in [3.63, 3.8) is 0 Å². The number of hydrogen-bond donors (Lipinski definition) is 0. The maximum Gasteiger partial charge on any atom is 0.359 e. The van der Waals surface area contributed by atoms with Crippen molar-refractivity contribution in [3.8, 4) is 0 Å². The minimum atomic E-state index is -1.64. The smallest absolute Gasteiger partial charge is 0.359 e. The fourth-order valence-electron chi connectivity index (χ4n) is 1.89. The van der Waals surface area contributed by atoms with Crippen molar-refractivity contribution in [1.29, 1.82) is 0 Å². The molecule has 2 rings (SSSR count). The zero-order valence-corrected chi connectivity index (χ0v) is 11.9. The van der Waals surface area contributed by atoms with Crippen LogP contribution in [0.2, 0.25) is 0 Å². The van der Waals surface area contributed by atoms with Gasteiger partial charge in [0.1, 0.15) is 0 Å². The van der Waals surface area contributed by atoms with E-state index in [1.165, 1.54) is 12.0 Å². The number of hydroxylamine groups is 2. The molecule has 110 valence electrons. The van der Waals surface area contributed by atoms with Gasteiger partial charge in [-0.05, 0) is 18.1 Å². The summed E-state index contributed by atoms with van der Waals surface area (Å²) in [5.74, 6) is -0.873. The molecule has 4 heteroatoms. The first-order valence-electron chi connectivity index (χ1n) is 6.84. The van der Waals surface area contributed by atoms with Crippen molar-refractivity contribution in [2.75, 3.05) is 0 Å². The first-order chi connectivity index (χ1) is 10.1. The highest BCUT2D eigenvalue weighted by Gasteiger charge is 2.18. The van der Waals surface area contributed by atoms with Crippen LogP contribution in [-0.4, -0.2) is 17.2 Å². The molecule has 3 nitrogen and oxygen atoms in total. The topological polar surface area (TPSA) is 29.5 Å². The summed E-state index contributed by atoms with van der Waals surface area (Å²) in [5, 5.41) is 1.48. The number of carbonyl (C=O) groups is 1. The Bertz CT molecular complexity index is 516. The molecule has 0 spiro atoms. The van der Waals surface area contributed by atoms with E-state index < -0.39 is 12.1 Å². The summed E-state index contributed by atoms with van der Waals surface area (Å²) in [6.45, 7) is 1.99. The lowest BCUT2D eigenvalue weighted by Crippen LogP contribution is -2.30. The highest BCUT2D eigenvalue weighted by Crippen LogP contribution is 2.11. The molecule has 0 radical (unpaired) electrons. The van der Waals surface area contributed by atoms with Crippen LogP contribution in [0.25, 0.3) is 0 Å².